The van der Waals surface area contributed by atoms with Crippen LogP contribution in [0.25, 0.3) is 0 Å². The molecule has 0 aromatic heterocycles. The average molecular weight is 400 g/mol. The lowest BCUT2D eigenvalue weighted by molar-refractivity contribution is -0.136. The van der Waals surface area contributed by atoms with Crippen molar-refractivity contribution in [3.63, 3.8) is 0 Å². The van der Waals surface area contributed by atoms with E-state index in [0.717, 1.165) is 11.6 Å². The van der Waals surface area contributed by atoms with Crippen LogP contribution in [0.3, 0.4) is 0 Å². The van der Waals surface area contributed by atoms with Crippen LogP contribution in [-0.2, 0) is 12.8 Å². The molecule has 29 heavy (non-hydrogen) atoms. The van der Waals surface area contributed by atoms with E-state index in [1.54, 1.807) is 18.2 Å². The van der Waals surface area contributed by atoms with Crippen LogP contribution < -0.4 is 14.9 Å². The van der Waals surface area contributed by atoms with Crippen LogP contribution in [0.5, 0.6) is 11.5 Å². The van der Waals surface area contributed by atoms with Crippen LogP contribution in [-0.4, -0.2) is 13.3 Å². The second kappa shape index (κ2) is 9.14. The maximum Gasteiger partial charge on any atom is 0.418 e. The van der Waals surface area contributed by atoms with Crippen molar-refractivity contribution in [3.05, 3.63) is 89.5 Å². The molecule has 1 N–H and O–H groups in total. The van der Waals surface area contributed by atoms with Crippen molar-refractivity contribution < 1.29 is 22.6 Å². The molecular formula is C22H19F3N2O2. The van der Waals surface area contributed by atoms with E-state index in [4.69, 9.17) is 9.47 Å². The Balaban J connectivity index is 1.69. The molecule has 3 aromatic rings. The zero-order valence-electron chi connectivity index (χ0n) is 15.6. The van der Waals surface area contributed by atoms with Gasteiger partial charge in [0.1, 0.15) is 6.61 Å². The summed E-state index contributed by atoms with van der Waals surface area (Å²) in [6.07, 6.45) is -3.04. The lowest BCUT2D eigenvalue weighted by atomic mass is 10.2. The first-order valence-electron chi connectivity index (χ1n) is 8.77. The van der Waals surface area contributed by atoms with Gasteiger partial charge in [0.05, 0.1) is 24.6 Å². The maximum absolute atomic E-state index is 13.0. The van der Waals surface area contributed by atoms with Crippen molar-refractivity contribution in [1.82, 2.24) is 0 Å². The van der Waals surface area contributed by atoms with Gasteiger partial charge in [-0.2, -0.15) is 18.3 Å². The molecular weight excluding hydrogens is 381 g/mol. The summed E-state index contributed by atoms with van der Waals surface area (Å²) < 4.78 is 50.2. The first-order chi connectivity index (χ1) is 14.0. The van der Waals surface area contributed by atoms with E-state index in [-0.39, 0.29) is 5.69 Å². The van der Waals surface area contributed by atoms with Crippen molar-refractivity contribution in [2.75, 3.05) is 12.5 Å². The average Bonchev–Trinajstić information content (AvgIpc) is 2.73. The number of hydrogen-bond acceptors (Lipinski definition) is 4. The molecule has 0 saturated heterocycles. The quantitative estimate of drug-likeness (QED) is 0.406. The van der Waals surface area contributed by atoms with Gasteiger partial charge in [0.15, 0.2) is 11.5 Å². The van der Waals surface area contributed by atoms with E-state index in [1.165, 1.54) is 31.5 Å². The van der Waals surface area contributed by atoms with E-state index in [2.05, 4.69) is 10.5 Å². The number of halogens is 3. The van der Waals surface area contributed by atoms with Gasteiger partial charge in [-0.3, -0.25) is 5.43 Å². The molecule has 0 heterocycles. The Morgan fingerprint density at radius 3 is 2.38 bits per heavy atom. The number of nitrogens with one attached hydrogen (secondary N) is 1. The zero-order chi connectivity index (χ0) is 20.7. The van der Waals surface area contributed by atoms with Crippen LogP contribution in [0.1, 0.15) is 16.7 Å². The fourth-order valence-electron chi connectivity index (χ4n) is 2.62. The fraction of sp³-hybridized carbons (Fsp3) is 0.136. The minimum absolute atomic E-state index is 0.119. The predicted molar refractivity (Wildman–Crippen MR) is 106 cm³/mol. The summed E-state index contributed by atoms with van der Waals surface area (Å²) in [5.41, 5.74) is 3.21. The van der Waals surface area contributed by atoms with Crippen molar-refractivity contribution in [1.29, 1.82) is 0 Å². The van der Waals surface area contributed by atoms with E-state index in [0.29, 0.717) is 23.7 Å². The normalized spacial score (nSPS) is 11.4. The Labute approximate surface area is 166 Å². The third-order valence-corrected chi connectivity index (χ3v) is 4.06. The van der Waals surface area contributed by atoms with Gasteiger partial charge in [-0.05, 0) is 41.5 Å². The molecule has 150 valence electrons. The van der Waals surface area contributed by atoms with Gasteiger partial charge in [0.25, 0.3) is 0 Å². The standard InChI is InChI=1S/C22H19F3N2O2/c1-28-21-13-17(11-12-20(21)29-15-16-7-3-2-4-8-16)14-26-27-19-10-6-5-9-18(19)22(23,24)25/h2-14,27H,15H2,1H3/b26-14-. The summed E-state index contributed by atoms with van der Waals surface area (Å²) in [6, 6.07) is 20.0. The van der Waals surface area contributed by atoms with E-state index >= 15 is 0 Å². The molecule has 0 saturated carbocycles. The third-order valence-electron chi connectivity index (χ3n) is 4.06. The largest absolute Gasteiger partial charge is 0.493 e. The highest BCUT2D eigenvalue weighted by molar-refractivity contribution is 5.81. The summed E-state index contributed by atoms with van der Waals surface area (Å²) in [6.45, 7) is 0.389. The Morgan fingerprint density at radius 2 is 1.66 bits per heavy atom. The Hall–Kier alpha value is -3.48. The van der Waals surface area contributed by atoms with Gasteiger partial charge in [0.2, 0.25) is 0 Å². The number of benzene rings is 3. The SMILES string of the molecule is COc1cc(/C=N\Nc2ccccc2C(F)(F)F)ccc1OCc1ccccc1. The number of rotatable bonds is 7. The lowest BCUT2D eigenvalue weighted by Gasteiger charge is -2.12. The van der Waals surface area contributed by atoms with Crippen molar-refractivity contribution in [2.24, 2.45) is 5.10 Å². The molecule has 3 rings (SSSR count). The molecule has 0 aliphatic heterocycles. The number of nitrogens with zero attached hydrogens (tertiary/aromatic N) is 1. The first-order valence-corrected chi connectivity index (χ1v) is 8.77. The minimum atomic E-state index is -4.46. The highest BCUT2D eigenvalue weighted by atomic mass is 19.4. The van der Waals surface area contributed by atoms with Crippen LogP contribution in [0.2, 0.25) is 0 Å². The summed E-state index contributed by atoms with van der Waals surface area (Å²) in [7, 11) is 1.52. The molecule has 0 amide bonds. The molecule has 4 nitrogen and oxygen atoms in total. The molecule has 0 atom stereocenters. The topological polar surface area (TPSA) is 42.8 Å². The van der Waals surface area contributed by atoms with Crippen LogP contribution in [0.15, 0.2) is 77.9 Å². The number of hydrazone groups is 1. The molecule has 0 unspecified atom stereocenters. The van der Waals surface area contributed by atoms with Gasteiger partial charge in [0, 0.05) is 0 Å². The molecule has 0 bridgehead atoms. The zero-order valence-corrected chi connectivity index (χ0v) is 15.6. The molecule has 3 aromatic carbocycles. The fourth-order valence-corrected chi connectivity index (χ4v) is 2.62. The van der Waals surface area contributed by atoms with E-state index in [1.807, 2.05) is 30.3 Å². The minimum Gasteiger partial charge on any atom is -0.493 e. The first kappa shape index (κ1) is 20.3. The summed E-state index contributed by atoms with van der Waals surface area (Å²) in [5, 5.41) is 3.91. The van der Waals surface area contributed by atoms with Gasteiger partial charge in [-0.25, -0.2) is 0 Å². The third kappa shape index (κ3) is 5.51. The summed E-state index contributed by atoms with van der Waals surface area (Å²) >= 11 is 0. The summed E-state index contributed by atoms with van der Waals surface area (Å²) in [4.78, 5) is 0. The van der Waals surface area contributed by atoms with Crippen molar-refractivity contribution in [3.8, 4) is 11.5 Å². The van der Waals surface area contributed by atoms with Gasteiger partial charge in [-0.1, -0.05) is 42.5 Å². The summed E-state index contributed by atoms with van der Waals surface area (Å²) in [5.74, 6) is 1.06. The lowest BCUT2D eigenvalue weighted by Crippen LogP contribution is -2.08. The molecule has 0 radical (unpaired) electrons. The van der Waals surface area contributed by atoms with E-state index in [9.17, 15) is 13.2 Å². The van der Waals surface area contributed by atoms with Gasteiger partial charge >= 0.3 is 6.18 Å². The number of anilines is 1. The molecule has 0 aliphatic rings. The number of para-hydroxylation sites is 1. The second-order valence-corrected chi connectivity index (χ2v) is 6.10. The Bertz CT molecular complexity index is 973. The highest BCUT2D eigenvalue weighted by Crippen LogP contribution is 2.34. The Morgan fingerprint density at radius 1 is 0.931 bits per heavy atom. The number of methoxy groups -OCH3 is 1. The van der Waals surface area contributed by atoms with E-state index < -0.39 is 11.7 Å². The smallest absolute Gasteiger partial charge is 0.418 e. The maximum atomic E-state index is 13.0. The number of hydrogen-bond donors (Lipinski definition) is 1. The Kier molecular flexibility index (Phi) is 6.39. The van der Waals surface area contributed by atoms with Gasteiger partial charge in [-0.15, -0.1) is 0 Å². The molecule has 7 heteroatoms. The highest BCUT2D eigenvalue weighted by Gasteiger charge is 2.33. The van der Waals surface area contributed by atoms with Crippen molar-refractivity contribution in [2.45, 2.75) is 12.8 Å². The van der Waals surface area contributed by atoms with Crippen LogP contribution in [0.4, 0.5) is 18.9 Å². The number of alkyl halides is 3. The van der Waals surface area contributed by atoms with Gasteiger partial charge < -0.3 is 9.47 Å². The number of ether oxygens (including phenoxy) is 2. The molecule has 0 aliphatic carbocycles. The van der Waals surface area contributed by atoms with Crippen LogP contribution >= 0.6 is 0 Å². The molecule has 0 spiro atoms. The second-order valence-electron chi connectivity index (χ2n) is 6.10. The van der Waals surface area contributed by atoms with Crippen molar-refractivity contribution >= 4 is 11.9 Å². The van der Waals surface area contributed by atoms with Crippen LogP contribution in [0, 0.1) is 0 Å². The monoisotopic (exact) mass is 400 g/mol. The molecule has 0 fully saturated rings. The predicted octanol–water partition coefficient (Wildman–Crippen LogP) is 5.74.